The fraction of sp³-hybridized carbons (Fsp3) is 0.250. The number of hydrogen-bond acceptors (Lipinski definition) is 4. The lowest BCUT2D eigenvalue weighted by Crippen LogP contribution is -2.36. The molecule has 1 aromatic carbocycles. The van der Waals surface area contributed by atoms with Crippen LogP contribution in [0.4, 0.5) is 5.69 Å². The molecule has 5 nitrogen and oxygen atoms in total. The molecule has 110 valence electrons. The monoisotopic (exact) mass is 285 g/mol. The van der Waals surface area contributed by atoms with Gasteiger partial charge in [0.1, 0.15) is 5.75 Å². The minimum atomic E-state index is -0.221. The van der Waals surface area contributed by atoms with Crippen molar-refractivity contribution in [3.05, 3.63) is 53.9 Å². The lowest BCUT2D eigenvalue weighted by atomic mass is 10.1. The zero-order valence-electron chi connectivity index (χ0n) is 12.2. The smallest absolute Gasteiger partial charge is 0.258 e. The van der Waals surface area contributed by atoms with Crippen molar-refractivity contribution in [3.63, 3.8) is 0 Å². The number of hydrogen-bond donors (Lipinski definition) is 2. The van der Waals surface area contributed by atoms with Crippen molar-refractivity contribution in [1.29, 1.82) is 0 Å². The second-order valence-corrected chi connectivity index (χ2v) is 5.16. The Bertz CT molecular complexity index is 624. The molecule has 2 rings (SSSR count). The molecule has 0 fully saturated rings. The molecule has 3 N–H and O–H groups in total. The summed E-state index contributed by atoms with van der Waals surface area (Å²) in [5, 5.41) is 9.79. The van der Waals surface area contributed by atoms with E-state index in [1.807, 2.05) is 38.1 Å². The van der Waals surface area contributed by atoms with E-state index in [0.29, 0.717) is 12.2 Å². The fourth-order valence-corrected chi connectivity index (χ4v) is 2.03. The van der Waals surface area contributed by atoms with Crippen molar-refractivity contribution in [1.82, 2.24) is 9.88 Å². The third-order valence-corrected chi connectivity index (χ3v) is 3.25. The molecule has 0 bridgehead atoms. The molecule has 0 aliphatic carbocycles. The molecule has 0 saturated carbocycles. The quantitative estimate of drug-likeness (QED) is 0.845. The molecular weight excluding hydrogens is 266 g/mol. The predicted molar refractivity (Wildman–Crippen MR) is 81.8 cm³/mol. The van der Waals surface area contributed by atoms with Crippen LogP contribution in [0.2, 0.25) is 0 Å². The molecular formula is C16H19N3O2. The summed E-state index contributed by atoms with van der Waals surface area (Å²) in [6, 6.07) is 8.93. The molecule has 1 heterocycles. The SMILES string of the molecule is CC(C)N(Cc1ccc(N)cc1)C(=O)c1ccncc1O. The Hall–Kier alpha value is -2.56. The van der Waals surface area contributed by atoms with Gasteiger partial charge in [0.2, 0.25) is 0 Å². The van der Waals surface area contributed by atoms with Gasteiger partial charge >= 0.3 is 0 Å². The van der Waals surface area contributed by atoms with Gasteiger partial charge in [0.05, 0.1) is 11.8 Å². The van der Waals surface area contributed by atoms with Crippen LogP contribution in [0.5, 0.6) is 5.75 Å². The zero-order chi connectivity index (χ0) is 15.4. The lowest BCUT2D eigenvalue weighted by Gasteiger charge is -2.27. The number of nitrogen functional groups attached to an aromatic ring is 1. The van der Waals surface area contributed by atoms with E-state index in [9.17, 15) is 9.90 Å². The highest BCUT2D eigenvalue weighted by Gasteiger charge is 2.21. The Labute approximate surface area is 124 Å². The van der Waals surface area contributed by atoms with Gasteiger partial charge in [0.15, 0.2) is 0 Å². The first-order valence-corrected chi connectivity index (χ1v) is 6.77. The van der Waals surface area contributed by atoms with Gasteiger partial charge in [0.25, 0.3) is 5.91 Å². The van der Waals surface area contributed by atoms with Gasteiger partial charge < -0.3 is 15.7 Å². The molecule has 0 atom stereocenters. The van der Waals surface area contributed by atoms with Crippen molar-refractivity contribution in [2.24, 2.45) is 0 Å². The predicted octanol–water partition coefficient (Wildman–Crippen LogP) is 2.42. The molecule has 0 spiro atoms. The zero-order valence-corrected chi connectivity index (χ0v) is 12.2. The van der Waals surface area contributed by atoms with Crippen LogP contribution in [0, 0.1) is 0 Å². The van der Waals surface area contributed by atoms with Gasteiger partial charge in [0, 0.05) is 24.5 Å². The number of carbonyl (C=O) groups excluding carboxylic acids is 1. The van der Waals surface area contributed by atoms with Crippen molar-refractivity contribution < 1.29 is 9.90 Å². The summed E-state index contributed by atoms with van der Waals surface area (Å²) >= 11 is 0. The number of aromatic nitrogens is 1. The van der Waals surface area contributed by atoms with Crippen molar-refractivity contribution in [3.8, 4) is 5.75 Å². The number of carbonyl (C=O) groups is 1. The fourth-order valence-electron chi connectivity index (χ4n) is 2.03. The molecule has 5 heteroatoms. The number of amides is 1. The van der Waals surface area contributed by atoms with Gasteiger partial charge in [-0.1, -0.05) is 12.1 Å². The van der Waals surface area contributed by atoms with Gasteiger partial charge in [-0.2, -0.15) is 0 Å². The number of nitrogens with zero attached hydrogens (tertiary/aromatic N) is 2. The minimum absolute atomic E-state index is 0.00242. The van der Waals surface area contributed by atoms with E-state index in [1.165, 1.54) is 18.5 Å². The molecule has 1 aromatic heterocycles. The average Bonchev–Trinajstić information content (AvgIpc) is 2.46. The molecule has 0 aliphatic heterocycles. The largest absolute Gasteiger partial charge is 0.505 e. The first-order valence-electron chi connectivity index (χ1n) is 6.77. The van der Waals surface area contributed by atoms with Crippen LogP contribution in [-0.4, -0.2) is 26.9 Å². The van der Waals surface area contributed by atoms with Crippen molar-refractivity contribution in [2.75, 3.05) is 5.73 Å². The van der Waals surface area contributed by atoms with E-state index in [2.05, 4.69) is 4.98 Å². The second kappa shape index (κ2) is 6.26. The van der Waals surface area contributed by atoms with Gasteiger partial charge in [-0.3, -0.25) is 9.78 Å². The summed E-state index contributed by atoms with van der Waals surface area (Å²) in [4.78, 5) is 18.1. The summed E-state index contributed by atoms with van der Waals surface area (Å²) in [5.41, 5.74) is 7.60. The van der Waals surface area contributed by atoms with Gasteiger partial charge in [-0.25, -0.2) is 0 Å². The second-order valence-electron chi connectivity index (χ2n) is 5.16. The minimum Gasteiger partial charge on any atom is -0.505 e. The summed E-state index contributed by atoms with van der Waals surface area (Å²) in [5.74, 6) is -0.327. The maximum absolute atomic E-state index is 12.6. The van der Waals surface area contributed by atoms with E-state index in [1.54, 1.807) is 4.90 Å². The molecule has 0 radical (unpaired) electrons. The number of benzene rings is 1. The Kier molecular flexibility index (Phi) is 4.42. The summed E-state index contributed by atoms with van der Waals surface area (Å²) < 4.78 is 0. The summed E-state index contributed by atoms with van der Waals surface area (Å²) in [6.45, 7) is 4.33. The standard InChI is InChI=1S/C16H19N3O2/c1-11(2)19(10-12-3-5-13(17)6-4-12)16(21)14-7-8-18-9-15(14)20/h3-9,11,20H,10,17H2,1-2H3. The lowest BCUT2D eigenvalue weighted by molar-refractivity contribution is 0.0687. The van der Waals surface area contributed by atoms with Crippen LogP contribution in [0.25, 0.3) is 0 Å². The Morgan fingerprint density at radius 1 is 1.29 bits per heavy atom. The van der Waals surface area contributed by atoms with E-state index < -0.39 is 0 Å². The third kappa shape index (κ3) is 3.51. The topological polar surface area (TPSA) is 79.5 Å². The molecule has 21 heavy (non-hydrogen) atoms. The molecule has 0 saturated heterocycles. The maximum Gasteiger partial charge on any atom is 0.258 e. The maximum atomic E-state index is 12.6. The van der Waals surface area contributed by atoms with Crippen molar-refractivity contribution >= 4 is 11.6 Å². The van der Waals surface area contributed by atoms with Gasteiger partial charge in [-0.05, 0) is 37.6 Å². The normalized spacial score (nSPS) is 10.6. The molecule has 0 aliphatic rings. The first kappa shape index (κ1) is 14.8. The first-order chi connectivity index (χ1) is 9.99. The van der Waals surface area contributed by atoms with Crippen LogP contribution >= 0.6 is 0 Å². The van der Waals surface area contributed by atoms with E-state index >= 15 is 0 Å². The van der Waals surface area contributed by atoms with E-state index in [4.69, 9.17) is 5.73 Å². The van der Waals surface area contributed by atoms with Gasteiger partial charge in [-0.15, -0.1) is 0 Å². The Morgan fingerprint density at radius 2 is 1.95 bits per heavy atom. The number of aromatic hydroxyl groups is 1. The van der Waals surface area contributed by atoms with Crippen LogP contribution in [-0.2, 0) is 6.54 Å². The highest BCUT2D eigenvalue weighted by Crippen LogP contribution is 2.20. The Morgan fingerprint density at radius 3 is 2.52 bits per heavy atom. The number of nitrogens with two attached hydrogens (primary N) is 1. The molecule has 1 amide bonds. The highest BCUT2D eigenvalue weighted by molar-refractivity contribution is 5.96. The molecule has 0 unspecified atom stereocenters. The summed E-state index contributed by atoms with van der Waals surface area (Å²) in [6.07, 6.45) is 2.77. The Balaban J connectivity index is 2.25. The average molecular weight is 285 g/mol. The van der Waals surface area contributed by atoms with Crippen LogP contribution in [0.15, 0.2) is 42.7 Å². The van der Waals surface area contributed by atoms with E-state index in [0.717, 1.165) is 5.56 Å². The van der Waals surface area contributed by atoms with Crippen LogP contribution in [0.3, 0.4) is 0 Å². The number of pyridine rings is 1. The van der Waals surface area contributed by atoms with E-state index in [-0.39, 0.29) is 23.3 Å². The van der Waals surface area contributed by atoms with Crippen molar-refractivity contribution in [2.45, 2.75) is 26.4 Å². The third-order valence-electron chi connectivity index (χ3n) is 3.25. The van der Waals surface area contributed by atoms with Crippen LogP contribution < -0.4 is 5.73 Å². The molecule has 2 aromatic rings. The highest BCUT2D eigenvalue weighted by atomic mass is 16.3. The number of rotatable bonds is 4. The van der Waals surface area contributed by atoms with Crippen LogP contribution in [0.1, 0.15) is 29.8 Å². The summed E-state index contributed by atoms with van der Waals surface area (Å²) in [7, 11) is 0. The number of anilines is 1.